The molecule has 2 aromatic carbocycles. The summed E-state index contributed by atoms with van der Waals surface area (Å²) in [5.74, 6) is -8.45. The van der Waals surface area contributed by atoms with Crippen LogP contribution in [0.25, 0.3) is 27.5 Å². The number of hydrogen-bond donors (Lipinski definition) is 5. The summed E-state index contributed by atoms with van der Waals surface area (Å²) in [5.41, 5.74) is 1.70. The number of esters is 1. The van der Waals surface area contributed by atoms with Crippen molar-refractivity contribution in [3.05, 3.63) is 71.2 Å². The van der Waals surface area contributed by atoms with Crippen LogP contribution in [0.3, 0.4) is 0 Å². The average molecular weight is 866 g/mol. The average Bonchev–Trinajstić information content (AvgIpc) is 3.69. The number of rotatable bonds is 4. The number of nitrogens with zero attached hydrogens (tertiary/aromatic N) is 2. The summed E-state index contributed by atoms with van der Waals surface area (Å²) in [7, 11) is -3.65. The van der Waals surface area contributed by atoms with Gasteiger partial charge in [0.05, 0.1) is 35.5 Å². The molecule has 0 aliphatic carbocycles. The second-order valence-corrected chi connectivity index (χ2v) is 17.1. The Labute approximate surface area is 352 Å². The molecule has 0 saturated carbocycles. The van der Waals surface area contributed by atoms with Crippen LogP contribution in [0.15, 0.2) is 54.5 Å². The van der Waals surface area contributed by atoms with E-state index in [1.807, 2.05) is 6.92 Å². The summed E-state index contributed by atoms with van der Waals surface area (Å²) in [4.78, 5) is 45.8. The predicted octanol–water partition coefficient (Wildman–Crippen LogP) is 5.98. The smallest absolute Gasteiger partial charge is 0.397 e. The van der Waals surface area contributed by atoms with Crippen LogP contribution in [0.4, 0.5) is 5.69 Å². The maximum absolute atomic E-state index is 14.6. The minimum Gasteiger partial charge on any atom is -0.507 e. The van der Waals surface area contributed by atoms with E-state index >= 15 is 0 Å². The van der Waals surface area contributed by atoms with Crippen molar-refractivity contribution < 1.29 is 65.8 Å². The van der Waals surface area contributed by atoms with Gasteiger partial charge in [0.15, 0.2) is 5.75 Å². The highest BCUT2D eigenvalue weighted by Crippen LogP contribution is 2.54. The van der Waals surface area contributed by atoms with Crippen molar-refractivity contribution in [2.45, 2.75) is 92.5 Å². The quantitative estimate of drug-likeness (QED) is 0.0900. The fourth-order valence-corrected chi connectivity index (χ4v) is 8.96. The summed E-state index contributed by atoms with van der Waals surface area (Å²) in [6.07, 6.45) is 4.08. The van der Waals surface area contributed by atoms with Gasteiger partial charge in [-0.2, -0.15) is 8.42 Å². The molecule has 6 rings (SSSR count). The molecule has 4 heterocycles. The van der Waals surface area contributed by atoms with Crippen LogP contribution in [0.5, 0.6) is 17.2 Å². The molecule has 0 spiro atoms. The minimum absolute atomic E-state index is 0.0123. The van der Waals surface area contributed by atoms with Crippen LogP contribution in [-0.4, -0.2) is 92.6 Å². The zero-order valence-corrected chi connectivity index (χ0v) is 36.2. The monoisotopic (exact) mass is 865 g/mol. The minimum atomic E-state index is -5.05. The van der Waals surface area contributed by atoms with Crippen LogP contribution >= 0.6 is 0 Å². The number of phenols is 2. The molecule has 4 aromatic rings. The van der Waals surface area contributed by atoms with Gasteiger partial charge in [0.1, 0.15) is 40.0 Å². The van der Waals surface area contributed by atoms with E-state index in [1.54, 1.807) is 43.5 Å². The highest BCUT2D eigenvalue weighted by atomic mass is 32.3. The summed E-state index contributed by atoms with van der Waals surface area (Å²) in [6, 6.07) is 3.56. The highest BCUT2D eigenvalue weighted by Gasteiger charge is 2.50. The Morgan fingerprint density at radius 3 is 2.31 bits per heavy atom. The Morgan fingerprint density at radius 1 is 1.00 bits per heavy atom. The second-order valence-electron chi connectivity index (χ2n) is 16.1. The molecule has 17 nitrogen and oxygen atoms in total. The fourth-order valence-electron chi connectivity index (χ4n) is 8.33. The number of methoxy groups -OCH3 is 1. The van der Waals surface area contributed by atoms with Gasteiger partial charge in [-0.25, -0.2) is 9.17 Å². The molecule has 0 fully saturated rings. The molecule has 4 bridgehead atoms. The second kappa shape index (κ2) is 16.7. The van der Waals surface area contributed by atoms with Gasteiger partial charge in [-0.1, -0.05) is 45.9 Å². The van der Waals surface area contributed by atoms with Crippen molar-refractivity contribution in [1.82, 2.24) is 9.38 Å². The number of pyridine rings is 1. The molecule has 328 valence electrons. The van der Waals surface area contributed by atoms with Gasteiger partial charge in [0.2, 0.25) is 0 Å². The third-order valence-corrected chi connectivity index (χ3v) is 12.2. The van der Waals surface area contributed by atoms with Crippen molar-refractivity contribution in [2.24, 2.45) is 23.7 Å². The van der Waals surface area contributed by atoms with Gasteiger partial charge in [0, 0.05) is 67.3 Å². The molecule has 9 atom stereocenters. The summed E-state index contributed by atoms with van der Waals surface area (Å²) in [6.45, 7) is 13.8. The molecule has 18 heteroatoms. The zero-order chi connectivity index (χ0) is 45.0. The number of hydrogen-bond acceptors (Lipinski definition) is 14. The van der Waals surface area contributed by atoms with Crippen LogP contribution in [-0.2, 0) is 38.4 Å². The number of imidazole rings is 1. The normalized spacial score (nSPS) is 29.9. The Hall–Kier alpha value is -5.53. The molecule has 2 aromatic heterocycles. The van der Waals surface area contributed by atoms with Gasteiger partial charge in [-0.3, -0.25) is 23.3 Å². The van der Waals surface area contributed by atoms with E-state index in [0.717, 1.165) is 5.56 Å². The van der Waals surface area contributed by atoms with Crippen molar-refractivity contribution in [3.8, 4) is 17.2 Å². The van der Waals surface area contributed by atoms with E-state index in [0.29, 0.717) is 5.65 Å². The number of amides is 1. The summed E-state index contributed by atoms with van der Waals surface area (Å²) < 4.78 is 64.5. The molecule has 2 aliphatic rings. The Morgan fingerprint density at radius 2 is 1.67 bits per heavy atom. The van der Waals surface area contributed by atoms with Gasteiger partial charge in [0.25, 0.3) is 11.7 Å². The van der Waals surface area contributed by atoms with Crippen molar-refractivity contribution in [1.29, 1.82) is 0 Å². The lowest BCUT2D eigenvalue weighted by molar-refractivity contribution is -0.160. The molecule has 61 heavy (non-hydrogen) atoms. The van der Waals surface area contributed by atoms with Gasteiger partial charge in [-0.15, -0.1) is 0 Å². The number of allylic oxidation sites excluding steroid dienone is 2. The number of nitrogens with one attached hydrogen (secondary N) is 1. The number of benzene rings is 2. The molecule has 2 aliphatic heterocycles. The van der Waals surface area contributed by atoms with Crippen molar-refractivity contribution in [3.63, 3.8) is 0 Å². The Balaban J connectivity index is 1.59. The molecule has 0 saturated heterocycles. The Kier molecular flexibility index (Phi) is 12.3. The predicted molar refractivity (Wildman–Crippen MR) is 224 cm³/mol. The van der Waals surface area contributed by atoms with E-state index < -0.39 is 93.4 Å². The lowest BCUT2D eigenvalue weighted by Crippen LogP contribution is -2.47. The first-order valence-electron chi connectivity index (χ1n) is 19.6. The number of aromatic hydroxyl groups is 2. The number of aromatic nitrogens is 2. The zero-order valence-electron chi connectivity index (χ0n) is 35.4. The highest BCUT2D eigenvalue weighted by molar-refractivity contribution is 7.80. The molecular weight excluding hydrogens is 815 g/mol. The standard InChI is InChI=1S/C43H51N3O14S/c1-19-14-16-46-28(18-19)44-32-29-30-36(49)25(7)40-31(29)41(51)43(9,59-40)57-17-15-27(56-10)22(4)39(58-26(8)47)24(6)35(48)23(5)38(60-61(53,54)55)20(2)12-11-13-21(3)42(52)45-33(34(32)46)37(30)50/h11-18,20,22-24,27,35,38-39,48-50H,1-10H3,(H,45,52)(H,53,54,55)/b12-11+,17-15+,21-13-/t20-,22+,23-,24+,27-,35+,38-,39+,43-/m0/s1. The fraction of sp³-hybridized carbons (Fsp3) is 0.442. The number of aryl methyl sites for hydroxylation is 1. The first-order chi connectivity index (χ1) is 28.5. The van der Waals surface area contributed by atoms with Crippen molar-refractivity contribution in [2.75, 3.05) is 12.4 Å². The third kappa shape index (κ3) is 8.29. The van der Waals surface area contributed by atoms with E-state index in [9.17, 15) is 42.7 Å². The van der Waals surface area contributed by atoms with Crippen molar-refractivity contribution >= 4 is 61.2 Å². The third-order valence-electron chi connectivity index (χ3n) is 11.7. The number of ether oxygens (including phenoxy) is 4. The number of ketones is 1. The van der Waals surface area contributed by atoms with E-state index in [4.69, 9.17) is 28.1 Å². The number of aliphatic hydroxyl groups excluding tert-OH is 1. The molecule has 1 amide bonds. The largest absolute Gasteiger partial charge is 0.507 e. The van der Waals surface area contributed by atoms with Gasteiger partial charge < -0.3 is 39.6 Å². The number of Topliss-reactive ketones (excluding diaryl/α,β-unsaturated/α-hetero) is 1. The summed E-state index contributed by atoms with van der Waals surface area (Å²) >= 11 is 0. The van der Waals surface area contributed by atoms with E-state index in [1.165, 1.54) is 72.3 Å². The maximum atomic E-state index is 14.6. The number of carbonyl (C=O) groups excluding carboxylic acids is 3. The molecule has 0 unspecified atom stereocenters. The van der Waals surface area contributed by atoms with E-state index in [-0.39, 0.29) is 49.9 Å². The lowest BCUT2D eigenvalue weighted by Gasteiger charge is -2.38. The molecule has 0 radical (unpaired) electrons. The number of anilines is 1. The lowest BCUT2D eigenvalue weighted by atomic mass is 9.78. The van der Waals surface area contributed by atoms with Gasteiger partial charge in [-0.05, 0) is 44.5 Å². The number of aliphatic hydroxyl groups is 1. The van der Waals surface area contributed by atoms with Crippen LogP contribution < -0.4 is 10.1 Å². The Bertz CT molecular complexity index is 2650. The maximum Gasteiger partial charge on any atom is 0.397 e. The number of phenolic OH excluding ortho intramolecular Hbond substituents is 2. The van der Waals surface area contributed by atoms with Crippen LogP contribution in [0, 0.1) is 37.5 Å². The van der Waals surface area contributed by atoms with Crippen LogP contribution in [0.2, 0.25) is 0 Å². The van der Waals surface area contributed by atoms with E-state index in [2.05, 4.69) is 5.32 Å². The summed E-state index contributed by atoms with van der Waals surface area (Å²) in [5, 5.41) is 38.2. The first kappa shape index (κ1) is 45.0. The SMILES string of the molecule is CO[C@H]1/C=C/O[C@@]2(C)Oc3c(C)c(O)c4c(O)c(c5c(nc6cc(C)ccn65)c4c3C2=O)NC(=O)/C(C)=C\C=C\[C@H](C)[C@H](OS(=O)(=O)O)[C@@H](C)[C@@H](O)[C@@H](C)[C@H](OC(C)=O)[C@@H]1C. The topological polar surface area (TPSA) is 242 Å². The first-order valence-corrected chi connectivity index (χ1v) is 21.0. The molecular formula is C43H51N3O14S. The van der Waals surface area contributed by atoms with Crippen LogP contribution in [0.1, 0.15) is 70.0 Å². The van der Waals surface area contributed by atoms with Gasteiger partial charge >= 0.3 is 22.2 Å². The number of carbonyl (C=O) groups is 3. The molecule has 5 N–H and O–H groups in total. The number of fused-ring (bicyclic) bond motifs is 2.